The van der Waals surface area contributed by atoms with E-state index in [0.717, 1.165) is 92.2 Å². The lowest BCUT2D eigenvalue weighted by Gasteiger charge is -2.36. The molecule has 10 heteroatoms. The lowest BCUT2D eigenvalue weighted by atomic mass is 9.98. The van der Waals surface area contributed by atoms with Crippen LogP contribution in [0.1, 0.15) is 30.0 Å². The van der Waals surface area contributed by atoms with Gasteiger partial charge in [-0.15, -0.1) is 0 Å². The highest BCUT2D eigenvalue weighted by molar-refractivity contribution is 6.30. The molecule has 2 aliphatic heterocycles. The third kappa shape index (κ3) is 5.16. The Morgan fingerprint density at radius 2 is 1.94 bits per heavy atom. The number of rotatable bonds is 6. The van der Waals surface area contributed by atoms with Gasteiger partial charge in [0.2, 0.25) is 0 Å². The molecule has 34 heavy (non-hydrogen) atoms. The number of aromatic nitrogens is 4. The Balaban J connectivity index is 1.45. The molecule has 3 aromatic heterocycles. The van der Waals surface area contributed by atoms with Gasteiger partial charge in [0.15, 0.2) is 7.85 Å². The minimum atomic E-state index is 0.0688. The summed E-state index contributed by atoms with van der Waals surface area (Å²) in [5.41, 5.74) is 4.13. The first kappa shape index (κ1) is 23.0. The minimum absolute atomic E-state index is 0.0688. The SMILES string of the molecule is Bc1ccc(Nc2nc(CCN3CCOCC3)nc3c2CCN(c2ccc(Cl)cn2)C3C)cn1. The van der Waals surface area contributed by atoms with Crippen molar-refractivity contribution in [2.24, 2.45) is 0 Å². The van der Waals surface area contributed by atoms with Crippen molar-refractivity contribution < 1.29 is 4.74 Å². The summed E-state index contributed by atoms with van der Waals surface area (Å²) >= 11 is 6.07. The Morgan fingerprint density at radius 1 is 1.09 bits per heavy atom. The van der Waals surface area contributed by atoms with Crippen LogP contribution < -0.4 is 15.8 Å². The topological polar surface area (TPSA) is 79.3 Å². The van der Waals surface area contributed by atoms with E-state index in [0.29, 0.717) is 5.02 Å². The highest BCUT2D eigenvalue weighted by Gasteiger charge is 2.29. The highest BCUT2D eigenvalue weighted by Crippen LogP contribution is 2.35. The van der Waals surface area contributed by atoms with Crippen LogP contribution in [0.15, 0.2) is 36.7 Å². The average Bonchev–Trinajstić information content (AvgIpc) is 2.86. The highest BCUT2D eigenvalue weighted by atomic mass is 35.5. The molecule has 0 spiro atoms. The lowest BCUT2D eigenvalue weighted by Crippen LogP contribution is -2.38. The van der Waals surface area contributed by atoms with E-state index < -0.39 is 0 Å². The maximum Gasteiger partial charge on any atom is 0.163 e. The van der Waals surface area contributed by atoms with Gasteiger partial charge in [-0.25, -0.2) is 15.0 Å². The number of ether oxygens (including phenoxy) is 1. The molecule has 0 bridgehead atoms. The lowest BCUT2D eigenvalue weighted by molar-refractivity contribution is 0.0382. The standard InChI is InChI=1S/C24H29BClN7O/c1-16-23-19(6-9-33(16)22-5-2-17(26)14-28-22)24(29-18-3-4-20(25)27-15-18)31-21(30-23)7-8-32-10-12-34-13-11-32/h2-5,14-16H,6-13,25H2,1H3,(H,29,30,31). The first-order valence-corrected chi connectivity index (χ1v) is 12.2. The first-order valence-electron chi connectivity index (χ1n) is 11.8. The molecule has 1 unspecified atom stereocenters. The number of halogens is 1. The fraction of sp³-hybridized carbons (Fsp3) is 0.417. The van der Waals surface area contributed by atoms with Crippen LogP contribution in [0.2, 0.25) is 5.02 Å². The molecule has 0 radical (unpaired) electrons. The molecule has 1 N–H and O–H groups in total. The predicted octanol–water partition coefficient (Wildman–Crippen LogP) is 1.92. The largest absolute Gasteiger partial charge is 0.379 e. The Labute approximate surface area is 206 Å². The van der Waals surface area contributed by atoms with Crippen molar-refractivity contribution in [2.45, 2.75) is 25.8 Å². The minimum Gasteiger partial charge on any atom is -0.379 e. The van der Waals surface area contributed by atoms with Crippen molar-refractivity contribution in [1.82, 2.24) is 24.8 Å². The van der Waals surface area contributed by atoms with E-state index in [-0.39, 0.29) is 6.04 Å². The molecular formula is C24H29BClN7O. The molecule has 1 atom stereocenters. The normalized spacial score (nSPS) is 18.5. The molecule has 0 amide bonds. The van der Waals surface area contributed by atoms with Crippen LogP contribution in [-0.2, 0) is 17.6 Å². The van der Waals surface area contributed by atoms with E-state index in [1.807, 2.05) is 38.3 Å². The van der Waals surface area contributed by atoms with E-state index in [1.54, 1.807) is 6.20 Å². The van der Waals surface area contributed by atoms with Gasteiger partial charge < -0.3 is 15.0 Å². The fourth-order valence-corrected chi connectivity index (χ4v) is 4.65. The van der Waals surface area contributed by atoms with Gasteiger partial charge in [0.1, 0.15) is 17.5 Å². The van der Waals surface area contributed by atoms with Crippen molar-refractivity contribution >= 4 is 42.4 Å². The van der Waals surface area contributed by atoms with E-state index in [9.17, 15) is 0 Å². The molecule has 0 aliphatic carbocycles. The molecule has 0 aromatic carbocycles. The Kier molecular flexibility index (Phi) is 6.94. The summed E-state index contributed by atoms with van der Waals surface area (Å²) in [6.07, 6.45) is 5.17. The second-order valence-electron chi connectivity index (χ2n) is 8.82. The summed E-state index contributed by atoms with van der Waals surface area (Å²) in [5, 5.41) is 4.16. The van der Waals surface area contributed by atoms with Gasteiger partial charge in [0.25, 0.3) is 0 Å². The zero-order chi connectivity index (χ0) is 23.5. The fourth-order valence-electron chi connectivity index (χ4n) is 4.54. The van der Waals surface area contributed by atoms with Gasteiger partial charge in [-0.05, 0) is 43.2 Å². The van der Waals surface area contributed by atoms with Gasteiger partial charge >= 0.3 is 0 Å². The van der Waals surface area contributed by atoms with Crippen LogP contribution in [-0.4, -0.2) is 72.1 Å². The van der Waals surface area contributed by atoms with Crippen molar-refractivity contribution in [1.29, 1.82) is 0 Å². The Morgan fingerprint density at radius 3 is 2.68 bits per heavy atom. The Hall–Kier alpha value is -2.75. The van der Waals surface area contributed by atoms with Gasteiger partial charge in [-0.3, -0.25) is 9.88 Å². The summed E-state index contributed by atoms with van der Waals surface area (Å²) in [4.78, 5) is 23.7. The Bertz CT molecular complexity index is 1120. The zero-order valence-corrected chi connectivity index (χ0v) is 20.4. The zero-order valence-electron chi connectivity index (χ0n) is 19.7. The number of pyridine rings is 2. The summed E-state index contributed by atoms with van der Waals surface area (Å²) in [6, 6.07) is 7.98. The number of nitrogens with zero attached hydrogens (tertiary/aromatic N) is 6. The summed E-state index contributed by atoms with van der Waals surface area (Å²) < 4.78 is 5.49. The molecule has 1 fully saturated rings. The molecule has 5 heterocycles. The maximum atomic E-state index is 6.07. The molecule has 0 saturated carbocycles. The van der Waals surface area contributed by atoms with Gasteiger partial charge in [0.05, 0.1) is 35.7 Å². The molecule has 1 saturated heterocycles. The van der Waals surface area contributed by atoms with Crippen molar-refractivity contribution in [2.75, 3.05) is 49.6 Å². The van der Waals surface area contributed by atoms with Crippen molar-refractivity contribution in [3.05, 3.63) is 58.8 Å². The summed E-state index contributed by atoms with van der Waals surface area (Å²) in [5.74, 6) is 2.64. The van der Waals surface area contributed by atoms with E-state index in [4.69, 9.17) is 26.3 Å². The van der Waals surface area contributed by atoms with Gasteiger partial charge in [-0.1, -0.05) is 11.6 Å². The van der Waals surface area contributed by atoms with Gasteiger partial charge in [-0.2, -0.15) is 0 Å². The number of morpholine rings is 1. The molecule has 2 aliphatic rings. The number of fused-ring (bicyclic) bond motifs is 1. The van der Waals surface area contributed by atoms with Crippen LogP contribution >= 0.6 is 11.6 Å². The van der Waals surface area contributed by atoms with Gasteiger partial charge in [0, 0.05) is 50.6 Å². The monoisotopic (exact) mass is 477 g/mol. The predicted molar refractivity (Wildman–Crippen MR) is 137 cm³/mol. The molecule has 8 nitrogen and oxygen atoms in total. The third-order valence-electron chi connectivity index (χ3n) is 6.49. The maximum absolute atomic E-state index is 6.07. The van der Waals surface area contributed by atoms with E-state index in [1.165, 1.54) is 0 Å². The number of hydrogen-bond donors (Lipinski definition) is 1. The summed E-state index contributed by atoms with van der Waals surface area (Å²) in [6.45, 7) is 7.43. The third-order valence-corrected chi connectivity index (χ3v) is 6.71. The number of anilines is 3. The van der Waals surface area contributed by atoms with E-state index >= 15 is 0 Å². The average molecular weight is 478 g/mol. The van der Waals surface area contributed by atoms with Crippen LogP contribution in [0.5, 0.6) is 0 Å². The molecular weight excluding hydrogens is 449 g/mol. The molecule has 5 rings (SSSR count). The number of nitrogens with one attached hydrogen (secondary N) is 1. The molecule has 3 aromatic rings. The second-order valence-corrected chi connectivity index (χ2v) is 9.26. The van der Waals surface area contributed by atoms with Crippen LogP contribution in [0.25, 0.3) is 0 Å². The van der Waals surface area contributed by atoms with Crippen LogP contribution in [0, 0.1) is 0 Å². The smallest absolute Gasteiger partial charge is 0.163 e. The second kappa shape index (κ2) is 10.3. The van der Waals surface area contributed by atoms with Crippen molar-refractivity contribution in [3.8, 4) is 0 Å². The van der Waals surface area contributed by atoms with Crippen LogP contribution in [0.4, 0.5) is 17.3 Å². The quantitative estimate of drug-likeness (QED) is 0.540. The van der Waals surface area contributed by atoms with Crippen molar-refractivity contribution in [3.63, 3.8) is 0 Å². The number of hydrogen-bond acceptors (Lipinski definition) is 8. The summed E-state index contributed by atoms with van der Waals surface area (Å²) in [7, 11) is 1.99. The van der Waals surface area contributed by atoms with E-state index in [2.05, 4.69) is 32.0 Å². The molecule has 176 valence electrons. The van der Waals surface area contributed by atoms with Crippen LogP contribution in [0.3, 0.4) is 0 Å². The first-order chi connectivity index (χ1) is 16.6.